The number of nitrogens with zero attached hydrogens (tertiary/aromatic N) is 2. The number of hydrogen-bond acceptors (Lipinski definition) is 2. The topological polar surface area (TPSA) is 19.6 Å². The van der Waals surface area contributed by atoms with Crippen molar-refractivity contribution in [2.45, 2.75) is 24.7 Å². The van der Waals surface area contributed by atoms with Gasteiger partial charge in [-0.05, 0) is 18.6 Å². The molecule has 0 radical (unpaired) electrons. The maximum atomic E-state index is 12.9. The summed E-state index contributed by atoms with van der Waals surface area (Å²) in [7, 11) is 0. The molecule has 1 N–H and O–H groups in total. The minimum atomic E-state index is -4.48. The Labute approximate surface area is 108 Å². The van der Waals surface area contributed by atoms with E-state index < -0.39 is 11.7 Å². The van der Waals surface area contributed by atoms with Crippen LogP contribution in [0.1, 0.15) is 12.0 Å². The molecule has 0 spiro atoms. The van der Waals surface area contributed by atoms with Gasteiger partial charge in [0.05, 0.1) is 12.1 Å². The molecule has 2 aliphatic rings. The first kappa shape index (κ1) is 12.3. The molecule has 0 aromatic heterocycles. The minimum absolute atomic E-state index is 0.268. The molecular formula is C13H12F3N3. The van der Waals surface area contributed by atoms with Gasteiger partial charge in [0.25, 0.3) is 0 Å². The van der Waals surface area contributed by atoms with E-state index >= 15 is 0 Å². The zero-order valence-corrected chi connectivity index (χ0v) is 10.0. The van der Waals surface area contributed by atoms with Gasteiger partial charge in [0.15, 0.2) is 5.69 Å². The molecule has 0 aliphatic carbocycles. The van der Waals surface area contributed by atoms with Crippen molar-refractivity contribution in [3.05, 3.63) is 35.2 Å². The molecule has 2 atom stereocenters. The van der Waals surface area contributed by atoms with Crippen LogP contribution < -0.4 is 10.2 Å². The lowest BCUT2D eigenvalue weighted by atomic mass is 10.1. The van der Waals surface area contributed by atoms with Gasteiger partial charge in [0.2, 0.25) is 0 Å². The largest absolute Gasteiger partial charge is 0.407 e. The molecule has 19 heavy (non-hydrogen) atoms. The predicted molar refractivity (Wildman–Crippen MR) is 65.2 cm³/mol. The lowest BCUT2D eigenvalue weighted by Gasteiger charge is -2.30. The fourth-order valence-electron chi connectivity index (χ4n) is 2.90. The monoisotopic (exact) mass is 267 g/mol. The first-order valence-corrected chi connectivity index (χ1v) is 6.08. The molecule has 2 saturated heterocycles. The summed E-state index contributed by atoms with van der Waals surface area (Å²) in [5.74, 6) is 0. The first-order valence-electron chi connectivity index (χ1n) is 6.08. The Morgan fingerprint density at radius 1 is 1.37 bits per heavy atom. The second kappa shape index (κ2) is 4.14. The zero-order valence-electron chi connectivity index (χ0n) is 10.0. The van der Waals surface area contributed by atoms with Crippen molar-refractivity contribution in [1.82, 2.24) is 5.32 Å². The molecule has 2 heterocycles. The van der Waals surface area contributed by atoms with Gasteiger partial charge in [0.1, 0.15) is 0 Å². The fraction of sp³-hybridized carbons (Fsp3) is 0.462. The van der Waals surface area contributed by atoms with Gasteiger partial charge in [-0.2, -0.15) is 13.2 Å². The predicted octanol–water partition coefficient (Wildman–Crippen LogP) is 2.81. The highest BCUT2D eigenvalue weighted by atomic mass is 19.4. The average molecular weight is 267 g/mol. The van der Waals surface area contributed by atoms with Crippen LogP contribution in [0, 0.1) is 6.57 Å². The normalized spacial score (nSPS) is 25.7. The number of rotatable bonds is 1. The van der Waals surface area contributed by atoms with E-state index in [2.05, 4.69) is 10.2 Å². The summed E-state index contributed by atoms with van der Waals surface area (Å²) in [4.78, 5) is 4.96. The highest BCUT2D eigenvalue weighted by Crippen LogP contribution is 2.40. The van der Waals surface area contributed by atoms with E-state index in [1.807, 2.05) is 4.90 Å². The summed E-state index contributed by atoms with van der Waals surface area (Å²) in [5, 5.41) is 3.31. The zero-order chi connectivity index (χ0) is 13.6. The maximum absolute atomic E-state index is 12.9. The number of nitrogens with one attached hydrogen (secondary N) is 1. The third-order valence-electron chi connectivity index (χ3n) is 3.79. The summed E-state index contributed by atoms with van der Waals surface area (Å²) in [6.45, 7) is 8.38. The van der Waals surface area contributed by atoms with Crippen LogP contribution in [0.25, 0.3) is 4.85 Å². The van der Waals surface area contributed by atoms with Gasteiger partial charge in [-0.15, -0.1) is 0 Å². The van der Waals surface area contributed by atoms with Crippen LogP contribution in [0.15, 0.2) is 18.2 Å². The number of anilines is 1. The van der Waals surface area contributed by atoms with E-state index in [-0.39, 0.29) is 11.7 Å². The van der Waals surface area contributed by atoms with E-state index in [0.29, 0.717) is 11.7 Å². The van der Waals surface area contributed by atoms with E-state index in [0.717, 1.165) is 25.6 Å². The summed E-state index contributed by atoms with van der Waals surface area (Å²) in [6.07, 6.45) is -3.50. The number of piperazine rings is 1. The second-order valence-electron chi connectivity index (χ2n) is 4.96. The van der Waals surface area contributed by atoms with Gasteiger partial charge in [0, 0.05) is 30.9 Å². The average Bonchev–Trinajstić information content (AvgIpc) is 2.99. The van der Waals surface area contributed by atoms with Crippen molar-refractivity contribution in [2.24, 2.45) is 0 Å². The van der Waals surface area contributed by atoms with Gasteiger partial charge >= 0.3 is 6.18 Å². The lowest BCUT2D eigenvalue weighted by molar-refractivity contribution is -0.136. The quantitative estimate of drug-likeness (QED) is 0.789. The molecule has 2 aliphatic heterocycles. The van der Waals surface area contributed by atoms with E-state index in [4.69, 9.17) is 6.57 Å². The molecule has 0 amide bonds. The standard InChI is InChI=1S/C13H12F3N3/c1-17-12-3-2-9(5-11(12)13(14,15)16)19-7-8-4-10(19)6-18-8/h2-3,5,8,10,18H,4,6-7H2/t8-,10-/m1/s1. The molecule has 2 bridgehead atoms. The fourth-order valence-corrected chi connectivity index (χ4v) is 2.90. The SMILES string of the molecule is [C-]#[N+]c1ccc(N2C[C@H]3C[C@@H]2CN3)cc1C(F)(F)F. The van der Waals surface area contributed by atoms with Crippen LogP contribution in [-0.4, -0.2) is 25.2 Å². The number of hydrogen-bond donors (Lipinski definition) is 1. The first-order chi connectivity index (χ1) is 8.99. The third kappa shape index (κ3) is 2.04. The van der Waals surface area contributed by atoms with Gasteiger partial charge in [-0.1, -0.05) is 6.07 Å². The molecule has 3 rings (SSSR count). The number of alkyl halides is 3. The smallest absolute Gasteiger partial charge is 0.366 e. The van der Waals surface area contributed by atoms with Crippen molar-refractivity contribution < 1.29 is 13.2 Å². The van der Waals surface area contributed by atoms with Crippen molar-refractivity contribution >= 4 is 11.4 Å². The summed E-state index contributed by atoms with van der Waals surface area (Å²) in [5.41, 5.74) is -0.608. The Morgan fingerprint density at radius 3 is 2.68 bits per heavy atom. The van der Waals surface area contributed by atoms with Crippen LogP contribution in [0.5, 0.6) is 0 Å². The Morgan fingerprint density at radius 2 is 2.16 bits per heavy atom. The molecular weight excluding hydrogens is 255 g/mol. The van der Waals surface area contributed by atoms with E-state index in [9.17, 15) is 13.2 Å². The molecule has 1 aromatic rings. The maximum Gasteiger partial charge on any atom is 0.407 e. The van der Waals surface area contributed by atoms with Gasteiger partial charge in [-0.3, -0.25) is 0 Å². The van der Waals surface area contributed by atoms with E-state index in [1.165, 1.54) is 6.07 Å². The molecule has 0 saturated carbocycles. The van der Waals surface area contributed by atoms with Crippen molar-refractivity contribution in [2.75, 3.05) is 18.0 Å². The molecule has 2 fully saturated rings. The summed E-state index contributed by atoms with van der Waals surface area (Å²) >= 11 is 0. The van der Waals surface area contributed by atoms with E-state index in [1.54, 1.807) is 6.07 Å². The van der Waals surface area contributed by atoms with Crippen LogP contribution >= 0.6 is 0 Å². The Hall–Kier alpha value is -1.74. The molecule has 3 nitrogen and oxygen atoms in total. The highest BCUT2D eigenvalue weighted by Gasteiger charge is 2.39. The molecule has 6 heteroatoms. The van der Waals surface area contributed by atoms with Crippen molar-refractivity contribution in [1.29, 1.82) is 0 Å². The second-order valence-corrected chi connectivity index (χ2v) is 4.96. The van der Waals surface area contributed by atoms with Crippen molar-refractivity contribution in [3.8, 4) is 0 Å². The third-order valence-corrected chi connectivity index (χ3v) is 3.79. The van der Waals surface area contributed by atoms with Crippen LogP contribution in [0.4, 0.5) is 24.5 Å². The number of fused-ring (bicyclic) bond motifs is 2. The minimum Gasteiger partial charge on any atom is -0.366 e. The Kier molecular flexibility index (Phi) is 2.68. The van der Waals surface area contributed by atoms with Crippen LogP contribution in [-0.2, 0) is 6.18 Å². The molecule has 0 unspecified atom stereocenters. The summed E-state index contributed by atoms with van der Waals surface area (Å²) < 4.78 is 38.7. The number of benzene rings is 1. The van der Waals surface area contributed by atoms with Crippen LogP contribution in [0.3, 0.4) is 0 Å². The van der Waals surface area contributed by atoms with Gasteiger partial charge in [-0.25, -0.2) is 4.85 Å². The Balaban J connectivity index is 1.98. The van der Waals surface area contributed by atoms with Gasteiger partial charge < -0.3 is 10.2 Å². The van der Waals surface area contributed by atoms with Crippen molar-refractivity contribution in [3.63, 3.8) is 0 Å². The highest BCUT2D eigenvalue weighted by molar-refractivity contribution is 5.63. The summed E-state index contributed by atoms with van der Waals surface area (Å²) in [6, 6.07) is 4.63. The number of halogens is 3. The van der Waals surface area contributed by atoms with Crippen LogP contribution in [0.2, 0.25) is 0 Å². The lowest BCUT2D eigenvalue weighted by Crippen LogP contribution is -2.43. The molecule has 100 valence electrons. The molecule has 1 aromatic carbocycles. The Bertz CT molecular complexity index is 547.